The van der Waals surface area contributed by atoms with E-state index in [-0.39, 0.29) is 6.04 Å². The van der Waals surface area contributed by atoms with Gasteiger partial charge < -0.3 is 5.73 Å². The fraction of sp³-hybridized carbons (Fsp3) is 0.385. The highest BCUT2D eigenvalue weighted by Crippen LogP contribution is 2.21. The molecule has 2 rings (SSSR count). The summed E-state index contributed by atoms with van der Waals surface area (Å²) >= 11 is 6.05. The molecule has 18 heavy (non-hydrogen) atoms. The van der Waals surface area contributed by atoms with Gasteiger partial charge in [-0.15, -0.1) is 0 Å². The molecule has 0 aliphatic rings. The van der Waals surface area contributed by atoms with E-state index in [9.17, 15) is 0 Å². The van der Waals surface area contributed by atoms with Crippen molar-refractivity contribution in [2.45, 2.75) is 33.2 Å². The van der Waals surface area contributed by atoms with Crippen LogP contribution in [-0.4, -0.2) is 20.8 Å². The number of benzene rings is 1. The van der Waals surface area contributed by atoms with Crippen molar-refractivity contribution in [3.63, 3.8) is 0 Å². The van der Waals surface area contributed by atoms with Crippen LogP contribution >= 0.6 is 11.6 Å². The first-order valence-electron chi connectivity index (χ1n) is 5.92. The zero-order valence-corrected chi connectivity index (χ0v) is 11.6. The van der Waals surface area contributed by atoms with Crippen LogP contribution in [0, 0.1) is 13.8 Å². The van der Waals surface area contributed by atoms with E-state index in [1.165, 1.54) is 0 Å². The topological polar surface area (TPSA) is 56.7 Å². The van der Waals surface area contributed by atoms with E-state index < -0.39 is 0 Å². The van der Waals surface area contributed by atoms with Crippen LogP contribution < -0.4 is 5.73 Å². The van der Waals surface area contributed by atoms with Gasteiger partial charge in [-0.25, -0.2) is 9.67 Å². The molecule has 2 aromatic rings. The standard InChI is InChI=1S/C13H17ClN4/c1-8(15)6-11-7-12(14)4-5-13(11)18-10(3)16-9(2)17-18/h4-5,7-8H,6,15H2,1-3H3. The van der Waals surface area contributed by atoms with Crippen LogP contribution in [-0.2, 0) is 6.42 Å². The minimum Gasteiger partial charge on any atom is -0.328 e. The number of hydrogen-bond acceptors (Lipinski definition) is 3. The second-order valence-corrected chi connectivity index (χ2v) is 5.01. The quantitative estimate of drug-likeness (QED) is 0.926. The Morgan fingerprint density at radius 3 is 2.67 bits per heavy atom. The lowest BCUT2D eigenvalue weighted by Crippen LogP contribution is -2.19. The Balaban J connectivity index is 2.52. The van der Waals surface area contributed by atoms with Gasteiger partial charge in [0, 0.05) is 11.1 Å². The highest BCUT2D eigenvalue weighted by atomic mass is 35.5. The summed E-state index contributed by atoms with van der Waals surface area (Å²) in [6.45, 7) is 5.79. The lowest BCUT2D eigenvalue weighted by Gasteiger charge is -2.12. The Kier molecular flexibility index (Phi) is 3.68. The third-order valence-corrected chi connectivity index (χ3v) is 2.92. The molecule has 0 radical (unpaired) electrons. The van der Waals surface area contributed by atoms with Gasteiger partial charge in [0.25, 0.3) is 0 Å². The Hall–Kier alpha value is -1.39. The van der Waals surface area contributed by atoms with Crippen LogP contribution in [0.3, 0.4) is 0 Å². The minimum absolute atomic E-state index is 0.0761. The lowest BCUT2D eigenvalue weighted by molar-refractivity contribution is 0.723. The average molecular weight is 265 g/mol. The van der Waals surface area contributed by atoms with E-state index in [1.54, 1.807) is 0 Å². The van der Waals surface area contributed by atoms with E-state index in [1.807, 2.05) is 43.7 Å². The van der Waals surface area contributed by atoms with Crippen molar-refractivity contribution in [3.05, 3.63) is 40.4 Å². The Labute approximate surface area is 112 Å². The molecule has 1 atom stereocenters. The van der Waals surface area contributed by atoms with Gasteiger partial charge in [0.2, 0.25) is 0 Å². The van der Waals surface area contributed by atoms with Crippen molar-refractivity contribution in [1.29, 1.82) is 0 Å². The molecule has 0 saturated carbocycles. The number of aryl methyl sites for hydroxylation is 2. The van der Waals surface area contributed by atoms with Gasteiger partial charge in [0.1, 0.15) is 11.6 Å². The van der Waals surface area contributed by atoms with Gasteiger partial charge in [-0.05, 0) is 51.0 Å². The first-order valence-corrected chi connectivity index (χ1v) is 6.30. The number of hydrogen-bond donors (Lipinski definition) is 1. The highest BCUT2D eigenvalue weighted by molar-refractivity contribution is 6.30. The van der Waals surface area contributed by atoms with Crippen molar-refractivity contribution >= 4 is 11.6 Å². The van der Waals surface area contributed by atoms with Crippen molar-refractivity contribution in [2.75, 3.05) is 0 Å². The molecule has 2 N–H and O–H groups in total. The second-order valence-electron chi connectivity index (χ2n) is 4.57. The van der Waals surface area contributed by atoms with Crippen LogP contribution in [0.25, 0.3) is 5.69 Å². The second kappa shape index (κ2) is 5.08. The third kappa shape index (κ3) is 2.71. The number of rotatable bonds is 3. The van der Waals surface area contributed by atoms with E-state index in [4.69, 9.17) is 17.3 Å². The van der Waals surface area contributed by atoms with Gasteiger partial charge in [-0.2, -0.15) is 5.10 Å². The van der Waals surface area contributed by atoms with E-state index in [2.05, 4.69) is 10.1 Å². The Morgan fingerprint density at radius 2 is 2.11 bits per heavy atom. The summed E-state index contributed by atoms with van der Waals surface area (Å²) in [5.74, 6) is 1.62. The number of aromatic nitrogens is 3. The van der Waals surface area contributed by atoms with Gasteiger partial charge in [0.05, 0.1) is 5.69 Å². The molecule has 0 spiro atoms. The minimum atomic E-state index is 0.0761. The SMILES string of the molecule is Cc1nc(C)n(-c2ccc(Cl)cc2CC(C)N)n1. The maximum absolute atomic E-state index is 6.05. The molecule has 0 fully saturated rings. The lowest BCUT2D eigenvalue weighted by atomic mass is 10.1. The summed E-state index contributed by atoms with van der Waals surface area (Å²) in [5, 5.41) is 5.11. The zero-order chi connectivity index (χ0) is 13.3. The predicted octanol–water partition coefficient (Wildman–Crippen LogP) is 2.43. The predicted molar refractivity (Wildman–Crippen MR) is 73.2 cm³/mol. The molecule has 0 bridgehead atoms. The Bertz CT molecular complexity index is 560. The molecule has 0 saturated heterocycles. The molecule has 0 amide bonds. The monoisotopic (exact) mass is 264 g/mol. The smallest absolute Gasteiger partial charge is 0.148 e. The first kappa shape index (κ1) is 13.1. The fourth-order valence-corrected chi connectivity index (χ4v) is 2.21. The van der Waals surface area contributed by atoms with Crippen molar-refractivity contribution in [3.8, 4) is 5.69 Å². The van der Waals surface area contributed by atoms with E-state index in [0.717, 1.165) is 29.3 Å². The van der Waals surface area contributed by atoms with Gasteiger partial charge in [-0.3, -0.25) is 0 Å². The molecule has 0 aliphatic carbocycles. The van der Waals surface area contributed by atoms with Gasteiger partial charge in [-0.1, -0.05) is 11.6 Å². The summed E-state index contributed by atoms with van der Waals surface area (Å²) in [6, 6.07) is 5.84. The number of nitrogens with two attached hydrogens (primary N) is 1. The van der Waals surface area contributed by atoms with E-state index >= 15 is 0 Å². The molecular formula is C13H17ClN4. The summed E-state index contributed by atoms with van der Waals surface area (Å²) in [7, 11) is 0. The van der Waals surface area contributed by atoms with Crippen LogP contribution in [0.4, 0.5) is 0 Å². The van der Waals surface area contributed by atoms with Crippen LogP contribution in [0.5, 0.6) is 0 Å². The normalized spacial score (nSPS) is 12.7. The summed E-state index contributed by atoms with van der Waals surface area (Å²) in [6.07, 6.45) is 0.758. The number of nitrogens with zero attached hydrogens (tertiary/aromatic N) is 3. The zero-order valence-electron chi connectivity index (χ0n) is 10.8. The first-order chi connectivity index (χ1) is 8.47. The van der Waals surface area contributed by atoms with Crippen LogP contribution in [0.15, 0.2) is 18.2 Å². The van der Waals surface area contributed by atoms with Crippen molar-refractivity contribution < 1.29 is 0 Å². The van der Waals surface area contributed by atoms with Crippen molar-refractivity contribution in [2.24, 2.45) is 5.73 Å². The molecule has 96 valence electrons. The largest absolute Gasteiger partial charge is 0.328 e. The fourth-order valence-electron chi connectivity index (χ4n) is 2.02. The Morgan fingerprint density at radius 1 is 1.39 bits per heavy atom. The van der Waals surface area contributed by atoms with Crippen molar-refractivity contribution in [1.82, 2.24) is 14.8 Å². The molecule has 1 aromatic heterocycles. The third-order valence-electron chi connectivity index (χ3n) is 2.69. The summed E-state index contributed by atoms with van der Waals surface area (Å²) in [5.41, 5.74) is 7.96. The van der Waals surface area contributed by atoms with Gasteiger partial charge >= 0.3 is 0 Å². The summed E-state index contributed by atoms with van der Waals surface area (Å²) in [4.78, 5) is 4.32. The number of halogens is 1. The van der Waals surface area contributed by atoms with Gasteiger partial charge in [0.15, 0.2) is 0 Å². The average Bonchev–Trinajstić information content (AvgIpc) is 2.57. The molecule has 4 nitrogen and oxygen atoms in total. The molecular weight excluding hydrogens is 248 g/mol. The highest BCUT2D eigenvalue weighted by Gasteiger charge is 2.11. The molecule has 1 aromatic carbocycles. The molecule has 5 heteroatoms. The van der Waals surface area contributed by atoms with Crippen LogP contribution in [0.2, 0.25) is 5.02 Å². The molecule has 1 unspecified atom stereocenters. The van der Waals surface area contributed by atoms with E-state index in [0.29, 0.717) is 5.02 Å². The maximum Gasteiger partial charge on any atom is 0.148 e. The molecule has 0 aliphatic heterocycles. The van der Waals surface area contributed by atoms with Crippen LogP contribution in [0.1, 0.15) is 24.1 Å². The maximum atomic E-state index is 6.05. The summed E-state index contributed by atoms with van der Waals surface area (Å²) < 4.78 is 1.84. The molecule has 1 heterocycles.